The van der Waals surface area contributed by atoms with Crippen LogP contribution in [0.1, 0.15) is 18.9 Å². The molecule has 2 heteroatoms. The summed E-state index contributed by atoms with van der Waals surface area (Å²) in [6, 6.07) is 8.42. The van der Waals surface area contributed by atoms with Gasteiger partial charge < -0.3 is 0 Å². The van der Waals surface area contributed by atoms with E-state index >= 15 is 0 Å². The van der Waals surface area contributed by atoms with Gasteiger partial charge in [-0.2, -0.15) is 0 Å². The topological polar surface area (TPSA) is 0 Å². The van der Waals surface area contributed by atoms with Crippen LogP contribution in [-0.4, -0.2) is 5.75 Å². The van der Waals surface area contributed by atoms with Gasteiger partial charge in [-0.05, 0) is 29.9 Å². The van der Waals surface area contributed by atoms with Crippen LogP contribution in [0.5, 0.6) is 0 Å². The van der Waals surface area contributed by atoms with Crippen molar-refractivity contribution in [3.8, 4) is 0 Å². The number of alkyl halides is 1. The highest BCUT2D eigenvalue weighted by atomic mass is 35.5. The maximum atomic E-state index is 5.72. The SMILES string of the molecule is CCCSc1cccc(CCl)c1. The Morgan fingerprint density at radius 1 is 1.42 bits per heavy atom. The van der Waals surface area contributed by atoms with Crippen LogP contribution in [0.15, 0.2) is 29.2 Å². The lowest BCUT2D eigenvalue weighted by Crippen LogP contribution is -1.79. The highest BCUT2D eigenvalue weighted by Gasteiger charge is 1.94. The second-order valence-electron chi connectivity index (χ2n) is 2.63. The molecule has 1 aromatic rings. The molecule has 0 atom stereocenters. The summed E-state index contributed by atoms with van der Waals surface area (Å²) in [6.07, 6.45) is 1.22. The van der Waals surface area contributed by atoms with E-state index in [1.165, 1.54) is 22.6 Å². The standard InChI is InChI=1S/C10H13ClS/c1-2-6-12-10-5-3-4-9(7-10)8-11/h3-5,7H,2,6,8H2,1H3. The van der Waals surface area contributed by atoms with Crippen molar-refractivity contribution in [3.05, 3.63) is 29.8 Å². The molecule has 0 unspecified atom stereocenters. The maximum Gasteiger partial charge on any atom is 0.0474 e. The van der Waals surface area contributed by atoms with Crippen LogP contribution in [0.3, 0.4) is 0 Å². The summed E-state index contributed by atoms with van der Waals surface area (Å²) in [5.41, 5.74) is 1.21. The van der Waals surface area contributed by atoms with Gasteiger partial charge in [0.2, 0.25) is 0 Å². The molecule has 0 saturated carbocycles. The Morgan fingerprint density at radius 2 is 2.25 bits per heavy atom. The van der Waals surface area contributed by atoms with Gasteiger partial charge >= 0.3 is 0 Å². The van der Waals surface area contributed by atoms with Crippen LogP contribution in [-0.2, 0) is 5.88 Å². The van der Waals surface area contributed by atoms with E-state index in [0.717, 1.165) is 0 Å². The van der Waals surface area contributed by atoms with Gasteiger partial charge in [-0.1, -0.05) is 19.1 Å². The Hall–Kier alpha value is -0.140. The molecule has 0 bridgehead atoms. The van der Waals surface area contributed by atoms with Crippen molar-refractivity contribution in [3.63, 3.8) is 0 Å². The zero-order valence-corrected chi connectivity index (χ0v) is 8.79. The first-order valence-corrected chi connectivity index (χ1v) is 5.66. The van der Waals surface area contributed by atoms with Crippen LogP contribution in [0.4, 0.5) is 0 Å². The predicted molar refractivity (Wildman–Crippen MR) is 57.0 cm³/mol. The molecule has 0 nitrogen and oxygen atoms in total. The van der Waals surface area contributed by atoms with Gasteiger partial charge in [0.1, 0.15) is 0 Å². The molecule has 66 valence electrons. The minimum Gasteiger partial charge on any atom is -0.126 e. The van der Waals surface area contributed by atoms with Crippen LogP contribution in [0.2, 0.25) is 0 Å². The Kier molecular flexibility index (Phi) is 4.55. The smallest absolute Gasteiger partial charge is 0.0474 e. The molecule has 0 aliphatic rings. The second kappa shape index (κ2) is 5.50. The van der Waals surface area contributed by atoms with Crippen molar-refractivity contribution in [1.82, 2.24) is 0 Å². The van der Waals surface area contributed by atoms with Gasteiger partial charge in [0, 0.05) is 10.8 Å². The van der Waals surface area contributed by atoms with Crippen molar-refractivity contribution < 1.29 is 0 Å². The number of thioether (sulfide) groups is 1. The molecule has 0 spiro atoms. The fraction of sp³-hybridized carbons (Fsp3) is 0.400. The Bertz CT molecular complexity index is 235. The number of halogens is 1. The van der Waals surface area contributed by atoms with Gasteiger partial charge in [-0.15, -0.1) is 23.4 Å². The Morgan fingerprint density at radius 3 is 2.92 bits per heavy atom. The lowest BCUT2D eigenvalue weighted by atomic mass is 10.2. The molecule has 0 aromatic heterocycles. The number of hydrogen-bond acceptors (Lipinski definition) is 1. The summed E-state index contributed by atoms with van der Waals surface area (Å²) in [4.78, 5) is 1.33. The molecule has 0 N–H and O–H groups in total. The van der Waals surface area contributed by atoms with E-state index in [4.69, 9.17) is 11.6 Å². The van der Waals surface area contributed by atoms with Crippen molar-refractivity contribution in [2.45, 2.75) is 24.1 Å². The minimum absolute atomic E-state index is 0.612. The van der Waals surface area contributed by atoms with E-state index in [1.807, 2.05) is 11.8 Å². The van der Waals surface area contributed by atoms with E-state index in [1.54, 1.807) is 0 Å². The zero-order valence-electron chi connectivity index (χ0n) is 7.22. The molecular weight excluding hydrogens is 188 g/mol. The van der Waals surface area contributed by atoms with E-state index in [0.29, 0.717) is 5.88 Å². The Balaban J connectivity index is 2.60. The van der Waals surface area contributed by atoms with E-state index in [-0.39, 0.29) is 0 Å². The molecule has 0 heterocycles. The van der Waals surface area contributed by atoms with Crippen molar-refractivity contribution >= 4 is 23.4 Å². The zero-order chi connectivity index (χ0) is 8.81. The largest absolute Gasteiger partial charge is 0.126 e. The van der Waals surface area contributed by atoms with Crippen molar-refractivity contribution in [2.75, 3.05) is 5.75 Å². The highest BCUT2D eigenvalue weighted by Crippen LogP contribution is 2.20. The van der Waals surface area contributed by atoms with Crippen LogP contribution < -0.4 is 0 Å². The first-order valence-electron chi connectivity index (χ1n) is 4.14. The molecule has 12 heavy (non-hydrogen) atoms. The van der Waals surface area contributed by atoms with Crippen molar-refractivity contribution in [2.24, 2.45) is 0 Å². The van der Waals surface area contributed by atoms with Crippen LogP contribution >= 0.6 is 23.4 Å². The molecule has 0 radical (unpaired) electrons. The second-order valence-corrected chi connectivity index (χ2v) is 4.07. The molecule has 0 saturated heterocycles. The normalized spacial score (nSPS) is 10.2. The lowest BCUT2D eigenvalue weighted by molar-refractivity contribution is 1.10. The summed E-state index contributed by atoms with van der Waals surface area (Å²) < 4.78 is 0. The van der Waals surface area contributed by atoms with E-state index in [2.05, 4.69) is 31.2 Å². The Labute approximate surface area is 83.3 Å². The average Bonchev–Trinajstić information content (AvgIpc) is 2.15. The van der Waals surface area contributed by atoms with Gasteiger partial charge in [-0.25, -0.2) is 0 Å². The third kappa shape index (κ3) is 3.08. The molecule has 0 aliphatic carbocycles. The molecule has 1 aromatic carbocycles. The van der Waals surface area contributed by atoms with Crippen LogP contribution in [0.25, 0.3) is 0 Å². The third-order valence-corrected chi connectivity index (χ3v) is 3.03. The maximum absolute atomic E-state index is 5.72. The number of rotatable bonds is 4. The minimum atomic E-state index is 0.612. The third-order valence-electron chi connectivity index (χ3n) is 1.53. The number of hydrogen-bond donors (Lipinski definition) is 0. The summed E-state index contributed by atoms with van der Waals surface area (Å²) in [7, 11) is 0. The average molecular weight is 201 g/mol. The monoisotopic (exact) mass is 200 g/mol. The fourth-order valence-corrected chi connectivity index (χ4v) is 1.95. The number of benzene rings is 1. The lowest BCUT2D eigenvalue weighted by Gasteiger charge is -2.00. The van der Waals surface area contributed by atoms with E-state index in [9.17, 15) is 0 Å². The first-order chi connectivity index (χ1) is 5.86. The summed E-state index contributed by atoms with van der Waals surface area (Å²) >= 11 is 7.61. The van der Waals surface area contributed by atoms with Gasteiger partial charge in [0.25, 0.3) is 0 Å². The van der Waals surface area contributed by atoms with Gasteiger partial charge in [0.15, 0.2) is 0 Å². The molecule has 1 rings (SSSR count). The molecular formula is C10H13ClS. The first kappa shape index (κ1) is 9.94. The van der Waals surface area contributed by atoms with Gasteiger partial charge in [-0.3, -0.25) is 0 Å². The predicted octanol–water partition coefficient (Wildman–Crippen LogP) is 3.93. The summed E-state index contributed by atoms with van der Waals surface area (Å²) in [5.74, 6) is 1.80. The molecule has 0 amide bonds. The quantitative estimate of drug-likeness (QED) is 0.524. The van der Waals surface area contributed by atoms with E-state index < -0.39 is 0 Å². The van der Waals surface area contributed by atoms with Gasteiger partial charge in [0.05, 0.1) is 0 Å². The van der Waals surface area contributed by atoms with Crippen LogP contribution in [0, 0.1) is 0 Å². The van der Waals surface area contributed by atoms with Crippen molar-refractivity contribution in [1.29, 1.82) is 0 Å². The fourth-order valence-electron chi connectivity index (χ4n) is 0.938. The summed E-state index contributed by atoms with van der Waals surface area (Å²) in [6.45, 7) is 2.19. The molecule has 0 fully saturated rings. The summed E-state index contributed by atoms with van der Waals surface area (Å²) in [5, 5.41) is 0. The molecule has 0 aliphatic heterocycles. The highest BCUT2D eigenvalue weighted by molar-refractivity contribution is 7.99.